The lowest BCUT2D eigenvalue weighted by atomic mass is 9.85. The Kier molecular flexibility index (Phi) is 15.5. The van der Waals surface area contributed by atoms with Crippen molar-refractivity contribution in [2.75, 3.05) is 19.6 Å². The van der Waals surface area contributed by atoms with Gasteiger partial charge in [0.1, 0.15) is 0 Å². The monoisotopic (exact) mass is 1400 g/mol. The Bertz CT molecular complexity index is 6580. The molecule has 0 aliphatic carbocycles. The summed E-state index contributed by atoms with van der Waals surface area (Å²) in [4.78, 5) is 9.79. The molecule has 110 heavy (non-hydrogen) atoms. The molecule has 0 bridgehead atoms. The van der Waals surface area contributed by atoms with Gasteiger partial charge in [-0.05, 0) is 253 Å². The second-order valence-corrected chi connectivity index (χ2v) is 28.8. The van der Waals surface area contributed by atoms with Crippen LogP contribution >= 0.6 is 0 Å². The minimum atomic E-state index is 1.04. The van der Waals surface area contributed by atoms with E-state index < -0.39 is 0 Å². The van der Waals surface area contributed by atoms with Crippen LogP contribution in [-0.4, -0.2) is 0 Å². The largest absolute Gasteiger partial charge is 0.310 e. The van der Waals surface area contributed by atoms with E-state index in [4.69, 9.17) is 0 Å². The SMILES string of the molecule is c1ccc(N(c2ccc3c(-c4ccc(N(c5ccc6ccccc6c5)c5ccc6ccccc6c5)cc4)c4cc(N(c5ccccc5)c5cc6ccccc6c6ccccc56)ccc4c(-c4ccc(N(c5ccc6ccccc6c5)c5ccc6ccccc6c5)cc4)c3c2)c2cc3ccccc3c3ccccc23)cc1. The van der Waals surface area contributed by atoms with E-state index in [1.165, 1.54) is 86.2 Å². The van der Waals surface area contributed by atoms with Crippen molar-refractivity contribution in [1.29, 1.82) is 0 Å². The van der Waals surface area contributed by atoms with Crippen LogP contribution < -0.4 is 19.6 Å². The van der Waals surface area contributed by atoms with E-state index >= 15 is 0 Å². The van der Waals surface area contributed by atoms with Gasteiger partial charge in [-0.25, -0.2) is 0 Å². The second kappa shape index (κ2) is 26.8. The van der Waals surface area contributed by atoms with E-state index in [1.807, 2.05) is 0 Å². The molecule has 0 aliphatic heterocycles. The maximum atomic E-state index is 2.48. The highest BCUT2D eigenvalue weighted by molar-refractivity contribution is 6.24. The van der Waals surface area contributed by atoms with Gasteiger partial charge in [0.05, 0.1) is 11.4 Å². The van der Waals surface area contributed by atoms with E-state index in [2.05, 4.69) is 444 Å². The molecule has 0 atom stereocenters. The molecule has 21 aromatic rings. The van der Waals surface area contributed by atoms with Crippen LogP contribution in [0.3, 0.4) is 0 Å². The van der Waals surface area contributed by atoms with Crippen LogP contribution in [0.1, 0.15) is 0 Å². The molecule has 0 aromatic heterocycles. The molecular formula is C106H70N4. The number of benzene rings is 21. The number of fused-ring (bicyclic) bond motifs is 12. The standard InChI is InChI=1S/C106H70N4/c1-3-33-83(34-4-1)109(103-67-81-31-15-17-37-93(81)95-39-19-21-41-97(95)103)91-59-61-99-101(69-91)105(75-47-51-85(52-48-75)107(87-55-43-71-23-7-11-27-77(71)63-87)88-56-44-72-24-8-12-28-78(72)64-88)100-62-60-92(110(84-35-5-2-6-36-84)104-68-82-32-16-18-38-94(82)96-40-20-22-42-98(96)104)70-102(100)106(99)76-49-53-86(54-50-76)108(89-57-45-73-25-9-13-29-79(73)65-89)90-58-46-74-26-10-14-30-80(74)66-90/h1-70H. The fraction of sp³-hybridized carbons (Fsp3) is 0. The molecule has 0 radical (unpaired) electrons. The molecule has 0 saturated heterocycles. The quantitative estimate of drug-likeness (QED) is 0.0795. The van der Waals surface area contributed by atoms with Gasteiger partial charge in [-0.1, -0.05) is 291 Å². The minimum Gasteiger partial charge on any atom is -0.310 e. The van der Waals surface area contributed by atoms with Crippen molar-refractivity contribution in [3.8, 4) is 22.3 Å². The third-order valence-corrected chi connectivity index (χ3v) is 22.4. The summed E-state index contributed by atoms with van der Waals surface area (Å²) in [6, 6.07) is 157. The molecule has 514 valence electrons. The zero-order chi connectivity index (χ0) is 72.6. The van der Waals surface area contributed by atoms with Gasteiger partial charge >= 0.3 is 0 Å². The van der Waals surface area contributed by atoms with E-state index in [-0.39, 0.29) is 0 Å². The van der Waals surface area contributed by atoms with Crippen molar-refractivity contribution in [1.82, 2.24) is 0 Å². The summed E-state index contributed by atoms with van der Waals surface area (Å²) in [5.74, 6) is 0. The van der Waals surface area contributed by atoms with E-state index in [0.29, 0.717) is 0 Å². The molecule has 0 unspecified atom stereocenters. The molecule has 21 rings (SSSR count). The van der Waals surface area contributed by atoms with Gasteiger partial charge in [0.25, 0.3) is 0 Å². The van der Waals surface area contributed by atoms with Gasteiger partial charge in [0.2, 0.25) is 0 Å². The Labute approximate surface area is 638 Å². The minimum absolute atomic E-state index is 1.04. The van der Waals surface area contributed by atoms with E-state index in [9.17, 15) is 0 Å². The summed E-state index contributed by atoms with van der Waals surface area (Å²) in [6.07, 6.45) is 0. The summed E-state index contributed by atoms with van der Waals surface area (Å²) in [5, 5.41) is 23.6. The Hall–Kier alpha value is -14.6. The average molecular weight is 1400 g/mol. The van der Waals surface area contributed by atoms with Gasteiger partial charge in [0.15, 0.2) is 0 Å². The summed E-state index contributed by atoms with van der Waals surface area (Å²) in [5.41, 5.74) is 17.3. The van der Waals surface area contributed by atoms with Gasteiger partial charge in [0, 0.05) is 67.6 Å². The number of para-hydroxylation sites is 2. The highest BCUT2D eigenvalue weighted by atomic mass is 15.2. The van der Waals surface area contributed by atoms with Crippen LogP contribution in [0.2, 0.25) is 0 Å². The Morgan fingerprint density at radius 1 is 0.118 bits per heavy atom. The molecule has 0 fully saturated rings. The molecule has 0 amide bonds. The van der Waals surface area contributed by atoms with Gasteiger partial charge in [-0.15, -0.1) is 0 Å². The number of rotatable bonds is 14. The Balaban J connectivity index is 0.843. The molecule has 0 saturated carbocycles. The molecule has 21 aromatic carbocycles. The fourth-order valence-corrected chi connectivity index (χ4v) is 17.3. The lowest BCUT2D eigenvalue weighted by Gasteiger charge is -2.30. The first-order valence-electron chi connectivity index (χ1n) is 37.8. The maximum Gasteiger partial charge on any atom is 0.0546 e. The summed E-state index contributed by atoms with van der Waals surface area (Å²) < 4.78 is 0. The van der Waals surface area contributed by atoms with Crippen molar-refractivity contribution in [3.05, 3.63) is 425 Å². The first-order chi connectivity index (χ1) is 54.5. The van der Waals surface area contributed by atoms with Crippen LogP contribution in [-0.2, 0) is 0 Å². The molecule has 0 spiro atoms. The number of hydrogen-bond acceptors (Lipinski definition) is 4. The smallest absolute Gasteiger partial charge is 0.0546 e. The maximum absolute atomic E-state index is 2.48. The molecule has 0 heterocycles. The zero-order valence-corrected chi connectivity index (χ0v) is 60.2. The molecular weight excluding hydrogens is 1330 g/mol. The lowest BCUT2D eigenvalue weighted by molar-refractivity contribution is 1.29. The normalized spacial score (nSPS) is 11.6. The molecule has 4 heteroatoms. The fourth-order valence-electron chi connectivity index (χ4n) is 17.3. The van der Waals surface area contributed by atoms with Gasteiger partial charge in [-0.3, -0.25) is 0 Å². The highest BCUT2D eigenvalue weighted by Crippen LogP contribution is 2.52. The second-order valence-electron chi connectivity index (χ2n) is 28.8. The summed E-state index contributed by atoms with van der Waals surface area (Å²) in [6.45, 7) is 0. The zero-order valence-electron chi connectivity index (χ0n) is 60.2. The first-order valence-corrected chi connectivity index (χ1v) is 37.8. The van der Waals surface area contributed by atoms with E-state index in [0.717, 1.165) is 112 Å². The first kappa shape index (κ1) is 63.9. The lowest BCUT2D eigenvalue weighted by Crippen LogP contribution is -2.11. The number of nitrogens with zero attached hydrogens (tertiary/aromatic N) is 4. The predicted octanol–water partition coefficient (Wildman–Crippen LogP) is 30.4. The molecule has 0 N–H and O–H groups in total. The Morgan fingerprint density at radius 3 is 0.700 bits per heavy atom. The van der Waals surface area contributed by atoms with Crippen molar-refractivity contribution in [2.24, 2.45) is 0 Å². The van der Waals surface area contributed by atoms with Crippen LogP contribution in [0.25, 0.3) is 130 Å². The third kappa shape index (κ3) is 11.2. The van der Waals surface area contributed by atoms with E-state index in [1.54, 1.807) is 0 Å². The summed E-state index contributed by atoms with van der Waals surface area (Å²) in [7, 11) is 0. The number of hydrogen-bond donors (Lipinski definition) is 0. The predicted molar refractivity (Wildman–Crippen MR) is 471 cm³/mol. The van der Waals surface area contributed by atoms with Gasteiger partial charge < -0.3 is 19.6 Å². The van der Waals surface area contributed by atoms with Crippen LogP contribution in [0, 0.1) is 0 Å². The van der Waals surface area contributed by atoms with Crippen molar-refractivity contribution >= 4 is 176 Å². The molecule has 0 aliphatic rings. The van der Waals surface area contributed by atoms with Crippen LogP contribution in [0.15, 0.2) is 425 Å². The van der Waals surface area contributed by atoms with Crippen molar-refractivity contribution in [2.45, 2.75) is 0 Å². The third-order valence-electron chi connectivity index (χ3n) is 22.4. The van der Waals surface area contributed by atoms with Crippen LogP contribution in [0.4, 0.5) is 68.2 Å². The van der Waals surface area contributed by atoms with Gasteiger partial charge in [-0.2, -0.15) is 0 Å². The summed E-state index contributed by atoms with van der Waals surface area (Å²) >= 11 is 0. The highest BCUT2D eigenvalue weighted by Gasteiger charge is 2.26. The molecule has 4 nitrogen and oxygen atoms in total. The topological polar surface area (TPSA) is 13.0 Å². The number of anilines is 12. The van der Waals surface area contributed by atoms with Crippen LogP contribution in [0.5, 0.6) is 0 Å². The van der Waals surface area contributed by atoms with Crippen molar-refractivity contribution < 1.29 is 0 Å². The average Bonchev–Trinajstić information content (AvgIpc) is 0.720. The van der Waals surface area contributed by atoms with Crippen molar-refractivity contribution in [3.63, 3.8) is 0 Å². The Morgan fingerprint density at radius 2 is 0.364 bits per heavy atom.